The van der Waals surface area contributed by atoms with Gasteiger partial charge in [0.25, 0.3) is 0 Å². The molecule has 0 fully saturated rings. The van der Waals surface area contributed by atoms with Crippen LogP contribution in [-0.2, 0) is 4.79 Å². The molecule has 1 amide bonds. The zero-order chi connectivity index (χ0) is 18.0. The monoisotopic (exact) mass is 379 g/mol. The van der Waals surface area contributed by atoms with Gasteiger partial charge in [0, 0.05) is 12.7 Å². The van der Waals surface area contributed by atoms with Crippen molar-refractivity contribution < 1.29 is 13.9 Å². The van der Waals surface area contributed by atoms with Gasteiger partial charge in [-0.15, -0.1) is 0 Å². The number of carbonyl (C=O) groups excluding carboxylic acids is 1. The second kappa shape index (κ2) is 7.25. The first kappa shape index (κ1) is 17.4. The minimum absolute atomic E-state index is 0.0376. The molecule has 0 saturated carbocycles. The van der Waals surface area contributed by atoms with Gasteiger partial charge in [0.1, 0.15) is 17.1 Å². The number of fused-ring (bicyclic) bond motifs is 1. The number of thiazole rings is 1. The van der Waals surface area contributed by atoms with Gasteiger partial charge >= 0.3 is 0 Å². The first-order valence-corrected chi connectivity index (χ1v) is 8.57. The summed E-state index contributed by atoms with van der Waals surface area (Å²) in [6.45, 7) is 0.0944. The number of para-hydroxylation sites is 1. The number of carbonyl (C=O) groups is 1. The summed E-state index contributed by atoms with van der Waals surface area (Å²) in [5.41, 5.74) is 1.21. The second-order valence-corrected chi connectivity index (χ2v) is 6.75. The lowest BCUT2D eigenvalue weighted by Gasteiger charge is -2.15. The van der Waals surface area contributed by atoms with Crippen molar-refractivity contribution >= 4 is 49.9 Å². The Labute approximate surface area is 153 Å². The molecule has 0 aliphatic rings. The molecule has 0 atom stereocenters. The zero-order valence-corrected chi connectivity index (χ0v) is 15.1. The Kier molecular flexibility index (Phi) is 5.06. The van der Waals surface area contributed by atoms with Crippen LogP contribution in [0, 0.1) is 5.82 Å². The lowest BCUT2D eigenvalue weighted by Crippen LogP contribution is -2.29. The van der Waals surface area contributed by atoms with E-state index in [2.05, 4.69) is 10.3 Å². The van der Waals surface area contributed by atoms with Crippen molar-refractivity contribution in [1.29, 1.82) is 0 Å². The standard InChI is InChI=1S/C17H15ClFN3O2S/c1-22(9-15(23)20-10-6-7-12(19)11(18)8-10)17-21-16-13(24-2)4-3-5-14(16)25-17/h3-8H,9H2,1-2H3,(H,20,23). The molecule has 0 unspecified atom stereocenters. The van der Waals surface area contributed by atoms with Crippen molar-refractivity contribution in [3.05, 3.63) is 47.2 Å². The van der Waals surface area contributed by atoms with Gasteiger partial charge in [0.15, 0.2) is 5.13 Å². The topological polar surface area (TPSA) is 54.5 Å². The van der Waals surface area contributed by atoms with Crippen LogP contribution in [0.25, 0.3) is 10.2 Å². The maximum Gasteiger partial charge on any atom is 0.243 e. The van der Waals surface area contributed by atoms with Crippen LogP contribution in [0.3, 0.4) is 0 Å². The normalized spacial score (nSPS) is 10.7. The van der Waals surface area contributed by atoms with Crippen LogP contribution in [0.1, 0.15) is 0 Å². The van der Waals surface area contributed by atoms with E-state index in [1.807, 2.05) is 18.2 Å². The van der Waals surface area contributed by atoms with Crippen LogP contribution in [-0.4, -0.2) is 31.6 Å². The number of likely N-dealkylation sites (N-methyl/N-ethyl adjacent to an activating group) is 1. The van der Waals surface area contributed by atoms with Crippen molar-refractivity contribution in [2.45, 2.75) is 0 Å². The first-order valence-electron chi connectivity index (χ1n) is 7.37. The van der Waals surface area contributed by atoms with Crippen LogP contribution in [0.5, 0.6) is 5.75 Å². The predicted octanol–water partition coefficient (Wildman–Crippen LogP) is 4.17. The van der Waals surface area contributed by atoms with E-state index in [0.29, 0.717) is 16.6 Å². The summed E-state index contributed by atoms with van der Waals surface area (Å²) in [5, 5.41) is 3.35. The fourth-order valence-electron chi connectivity index (χ4n) is 2.30. The summed E-state index contributed by atoms with van der Waals surface area (Å²) in [4.78, 5) is 18.5. The lowest BCUT2D eigenvalue weighted by atomic mass is 10.3. The molecule has 1 N–H and O–H groups in total. The zero-order valence-electron chi connectivity index (χ0n) is 13.5. The van der Waals surface area contributed by atoms with Crippen LogP contribution < -0.4 is 15.0 Å². The summed E-state index contributed by atoms with van der Waals surface area (Å²) < 4.78 is 19.4. The number of hydrogen-bond donors (Lipinski definition) is 1. The van der Waals surface area contributed by atoms with Gasteiger partial charge in [-0.2, -0.15) is 0 Å². The van der Waals surface area contributed by atoms with E-state index in [1.165, 1.54) is 29.5 Å². The second-order valence-electron chi connectivity index (χ2n) is 5.34. The molecule has 0 bridgehead atoms. The molecule has 8 heteroatoms. The van der Waals surface area contributed by atoms with E-state index in [4.69, 9.17) is 16.3 Å². The third-order valence-electron chi connectivity index (χ3n) is 3.50. The van der Waals surface area contributed by atoms with Gasteiger partial charge in [-0.3, -0.25) is 4.79 Å². The van der Waals surface area contributed by atoms with Gasteiger partial charge in [0.2, 0.25) is 5.91 Å². The Morgan fingerprint density at radius 2 is 2.20 bits per heavy atom. The van der Waals surface area contributed by atoms with Crippen molar-refractivity contribution in [3.8, 4) is 5.75 Å². The molecule has 5 nitrogen and oxygen atoms in total. The minimum atomic E-state index is -0.528. The van der Waals surface area contributed by atoms with Gasteiger partial charge in [-0.1, -0.05) is 29.0 Å². The number of methoxy groups -OCH3 is 1. The largest absolute Gasteiger partial charge is 0.494 e. The molecule has 3 aromatic rings. The Morgan fingerprint density at radius 1 is 1.40 bits per heavy atom. The molecule has 0 aliphatic heterocycles. The lowest BCUT2D eigenvalue weighted by molar-refractivity contribution is -0.114. The maximum absolute atomic E-state index is 13.2. The van der Waals surface area contributed by atoms with Gasteiger partial charge < -0.3 is 15.0 Å². The summed E-state index contributed by atoms with van der Waals surface area (Å²) >= 11 is 7.19. The Balaban J connectivity index is 1.72. The highest BCUT2D eigenvalue weighted by Gasteiger charge is 2.14. The summed E-state index contributed by atoms with van der Waals surface area (Å²) in [7, 11) is 3.38. The SMILES string of the molecule is COc1cccc2sc(N(C)CC(=O)Nc3ccc(F)c(Cl)c3)nc12. The van der Waals surface area contributed by atoms with Gasteiger partial charge in [-0.25, -0.2) is 9.37 Å². The number of anilines is 2. The Morgan fingerprint density at radius 3 is 2.92 bits per heavy atom. The van der Waals surface area contributed by atoms with E-state index in [-0.39, 0.29) is 17.5 Å². The Bertz CT molecular complexity index is 931. The predicted molar refractivity (Wildman–Crippen MR) is 99.5 cm³/mol. The molecule has 0 spiro atoms. The average molecular weight is 380 g/mol. The smallest absolute Gasteiger partial charge is 0.243 e. The number of hydrogen-bond acceptors (Lipinski definition) is 5. The molecule has 2 aromatic carbocycles. The van der Waals surface area contributed by atoms with Gasteiger partial charge in [-0.05, 0) is 30.3 Å². The third kappa shape index (κ3) is 3.83. The van der Waals surface area contributed by atoms with E-state index >= 15 is 0 Å². The van der Waals surface area contributed by atoms with Crippen LogP contribution in [0.4, 0.5) is 15.2 Å². The van der Waals surface area contributed by atoms with E-state index in [0.717, 1.165) is 10.2 Å². The minimum Gasteiger partial charge on any atom is -0.494 e. The number of halogens is 2. The van der Waals surface area contributed by atoms with Crippen LogP contribution >= 0.6 is 22.9 Å². The fraction of sp³-hybridized carbons (Fsp3) is 0.176. The highest BCUT2D eigenvalue weighted by molar-refractivity contribution is 7.22. The van der Waals surface area contributed by atoms with Crippen LogP contribution in [0.15, 0.2) is 36.4 Å². The highest BCUT2D eigenvalue weighted by Crippen LogP contribution is 2.33. The van der Waals surface area contributed by atoms with E-state index in [1.54, 1.807) is 19.1 Å². The summed E-state index contributed by atoms with van der Waals surface area (Å²) in [6, 6.07) is 9.73. The average Bonchev–Trinajstić information content (AvgIpc) is 3.02. The molecular formula is C17H15ClFN3O2S. The Hall–Kier alpha value is -2.38. The molecular weight excluding hydrogens is 365 g/mol. The number of aromatic nitrogens is 1. The molecule has 1 heterocycles. The molecule has 3 rings (SSSR count). The quantitative estimate of drug-likeness (QED) is 0.722. The highest BCUT2D eigenvalue weighted by atomic mass is 35.5. The summed E-state index contributed by atoms with van der Waals surface area (Å²) in [5.74, 6) is -0.0876. The number of rotatable bonds is 5. The van der Waals surface area contributed by atoms with Crippen molar-refractivity contribution in [2.24, 2.45) is 0 Å². The van der Waals surface area contributed by atoms with Gasteiger partial charge in [0.05, 0.1) is 23.4 Å². The van der Waals surface area contributed by atoms with Crippen LogP contribution in [0.2, 0.25) is 5.02 Å². The summed E-state index contributed by atoms with van der Waals surface area (Å²) in [6.07, 6.45) is 0. The van der Waals surface area contributed by atoms with Crippen molar-refractivity contribution in [2.75, 3.05) is 30.9 Å². The number of amides is 1. The van der Waals surface area contributed by atoms with Crippen molar-refractivity contribution in [3.63, 3.8) is 0 Å². The molecule has 0 saturated heterocycles. The number of ether oxygens (including phenoxy) is 1. The van der Waals surface area contributed by atoms with E-state index < -0.39 is 5.82 Å². The first-order chi connectivity index (χ1) is 12.0. The molecule has 130 valence electrons. The third-order valence-corrected chi connectivity index (χ3v) is 4.93. The maximum atomic E-state index is 13.2. The molecule has 0 radical (unpaired) electrons. The number of nitrogens with zero attached hydrogens (tertiary/aromatic N) is 2. The molecule has 25 heavy (non-hydrogen) atoms. The number of benzene rings is 2. The molecule has 0 aliphatic carbocycles. The molecule has 1 aromatic heterocycles. The fourth-order valence-corrected chi connectivity index (χ4v) is 3.42. The van der Waals surface area contributed by atoms with E-state index in [9.17, 15) is 9.18 Å². The number of nitrogens with one attached hydrogen (secondary N) is 1. The van der Waals surface area contributed by atoms with Crippen molar-refractivity contribution in [1.82, 2.24) is 4.98 Å².